The average molecular weight is 239 g/mol. The summed E-state index contributed by atoms with van der Waals surface area (Å²) in [5.41, 5.74) is 0. The van der Waals surface area contributed by atoms with Crippen LogP contribution in [0.5, 0.6) is 5.75 Å². The van der Waals surface area contributed by atoms with E-state index >= 15 is 0 Å². The van der Waals surface area contributed by atoms with Gasteiger partial charge in [0.1, 0.15) is 0 Å². The Kier molecular flexibility index (Phi) is 4.94. The minimum absolute atomic E-state index is 0.0424. The van der Waals surface area contributed by atoms with Crippen LogP contribution in [-0.4, -0.2) is 18.1 Å². The third-order valence-electron chi connectivity index (χ3n) is 2.20. The van der Waals surface area contributed by atoms with Crippen molar-refractivity contribution in [2.75, 3.05) is 0 Å². The Morgan fingerprint density at radius 2 is 2.06 bits per heavy atom. The predicted octanol–water partition coefficient (Wildman–Crippen LogP) is 2.51. The Bertz CT molecular complexity index is 379. The molecule has 17 heavy (non-hydrogen) atoms. The van der Waals surface area contributed by atoms with Crippen molar-refractivity contribution in [3.8, 4) is 5.75 Å². The lowest BCUT2D eigenvalue weighted by Gasteiger charge is -2.18. The minimum atomic E-state index is -0.658. The van der Waals surface area contributed by atoms with Gasteiger partial charge in [-0.05, 0) is 32.4 Å². The molecular formula is C13H18FNO2. The zero-order chi connectivity index (χ0) is 12.8. The molecule has 1 amide bonds. The lowest BCUT2D eigenvalue weighted by atomic mass is 10.2. The Morgan fingerprint density at radius 3 is 2.59 bits per heavy atom. The number of para-hydroxylation sites is 1. The second-order valence-electron chi connectivity index (χ2n) is 4.11. The number of amides is 1. The molecule has 1 atom stereocenters. The lowest BCUT2D eigenvalue weighted by Crippen LogP contribution is -2.41. The average Bonchev–Trinajstić information content (AvgIpc) is 2.27. The molecule has 0 aromatic heterocycles. The van der Waals surface area contributed by atoms with Crippen LogP contribution in [0.2, 0.25) is 0 Å². The molecule has 0 unspecified atom stereocenters. The summed E-state index contributed by atoms with van der Waals surface area (Å²) in [7, 11) is 0. The molecule has 0 saturated carbocycles. The molecule has 0 fully saturated rings. The predicted molar refractivity (Wildman–Crippen MR) is 64.4 cm³/mol. The van der Waals surface area contributed by atoms with Gasteiger partial charge in [-0.3, -0.25) is 4.79 Å². The minimum Gasteiger partial charge on any atom is -0.478 e. The van der Waals surface area contributed by atoms with Crippen LogP contribution in [0.15, 0.2) is 24.3 Å². The molecule has 0 radical (unpaired) electrons. The molecular weight excluding hydrogens is 221 g/mol. The highest BCUT2D eigenvalue weighted by Gasteiger charge is 2.19. The highest BCUT2D eigenvalue weighted by molar-refractivity contribution is 5.81. The zero-order valence-corrected chi connectivity index (χ0v) is 10.4. The van der Waals surface area contributed by atoms with Crippen molar-refractivity contribution in [1.29, 1.82) is 0 Å². The summed E-state index contributed by atoms with van der Waals surface area (Å²) in [6.45, 7) is 5.56. The van der Waals surface area contributed by atoms with E-state index in [2.05, 4.69) is 5.32 Å². The second-order valence-corrected chi connectivity index (χ2v) is 4.11. The van der Waals surface area contributed by atoms with E-state index in [0.29, 0.717) is 6.42 Å². The molecule has 1 aromatic carbocycles. The molecule has 0 spiro atoms. The number of benzene rings is 1. The topological polar surface area (TPSA) is 38.3 Å². The number of hydrogen-bond acceptors (Lipinski definition) is 2. The maximum absolute atomic E-state index is 13.4. The number of carbonyl (C=O) groups excluding carboxylic acids is 1. The lowest BCUT2D eigenvalue weighted by molar-refractivity contribution is -0.128. The summed E-state index contributed by atoms with van der Waals surface area (Å²) in [5.74, 6) is -0.563. The molecule has 4 heteroatoms. The zero-order valence-electron chi connectivity index (χ0n) is 10.4. The maximum atomic E-state index is 13.4. The van der Waals surface area contributed by atoms with E-state index in [-0.39, 0.29) is 17.7 Å². The van der Waals surface area contributed by atoms with E-state index in [4.69, 9.17) is 4.74 Å². The monoisotopic (exact) mass is 239 g/mol. The van der Waals surface area contributed by atoms with E-state index in [1.807, 2.05) is 20.8 Å². The first-order chi connectivity index (χ1) is 8.04. The Balaban J connectivity index is 2.70. The Hall–Kier alpha value is -1.58. The van der Waals surface area contributed by atoms with E-state index in [9.17, 15) is 9.18 Å². The number of rotatable bonds is 5. The molecule has 94 valence electrons. The van der Waals surface area contributed by atoms with Crippen LogP contribution in [-0.2, 0) is 4.79 Å². The van der Waals surface area contributed by atoms with Gasteiger partial charge in [-0.1, -0.05) is 19.1 Å². The van der Waals surface area contributed by atoms with E-state index in [0.717, 1.165) is 0 Å². The van der Waals surface area contributed by atoms with E-state index in [1.165, 1.54) is 12.1 Å². The van der Waals surface area contributed by atoms with Gasteiger partial charge in [-0.2, -0.15) is 0 Å². The van der Waals surface area contributed by atoms with Crippen molar-refractivity contribution < 1.29 is 13.9 Å². The first-order valence-corrected chi connectivity index (χ1v) is 5.76. The highest BCUT2D eigenvalue weighted by atomic mass is 19.1. The number of hydrogen-bond donors (Lipinski definition) is 1. The summed E-state index contributed by atoms with van der Waals surface area (Å²) < 4.78 is 18.7. The maximum Gasteiger partial charge on any atom is 0.261 e. The molecule has 0 aliphatic rings. The van der Waals surface area contributed by atoms with Gasteiger partial charge in [0, 0.05) is 6.04 Å². The highest BCUT2D eigenvalue weighted by Crippen LogP contribution is 2.18. The SMILES string of the molecule is CC[C@@H](Oc1ccccc1F)C(=O)NC(C)C. The van der Waals surface area contributed by atoms with Gasteiger partial charge in [0.05, 0.1) is 0 Å². The molecule has 1 rings (SSSR count). The number of halogens is 1. The third kappa shape index (κ3) is 4.06. The fourth-order valence-corrected chi connectivity index (χ4v) is 1.39. The molecule has 0 bridgehead atoms. The van der Waals surface area contributed by atoms with Gasteiger partial charge < -0.3 is 10.1 Å². The first-order valence-electron chi connectivity index (χ1n) is 5.76. The van der Waals surface area contributed by atoms with Crippen molar-refractivity contribution in [2.24, 2.45) is 0 Å². The van der Waals surface area contributed by atoms with Gasteiger partial charge in [0.25, 0.3) is 5.91 Å². The first kappa shape index (κ1) is 13.5. The van der Waals surface area contributed by atoms with Crippen LogP contribution in [0.4, 0.5) is 4.39 Å². The van der Waals surface area contributed by atoms with Crippen molar-refractivity contribution >= 4 is 5.91 Å². The largest absolute Gasteiger partial charge is 0.478 e. The van der Waals surface area contributed by atoms with Crippen LogP contribution >= 0.6 is 0 Å². The van der Waals surface area contributed by atoms with Crippen molar-refractivity contribution in [3.05, 3.63) is 30.1 Å². The molecule has 1 aromatic rings. The van der Waals surface area contributed by atoms with Crippen LogP contribution in [0.3, 0.4) is 0 Å². The van der Waals surface area contributed by atoms with Gasteiger partial charge >= 0.3 is 0 Å². The summed E-state index contributed by atoms with van der Waals surface area (Å²) in [4.78, 5) is 11.7. The fraction of sp³-hybridized carbons (Fsp3) is 0.462. The molecule has 0 aliphatic heterocycles. The number of carbonyl (C=O) groups is 1. The third-order valence-corrected chi connectivity index (χ3v) is 2.20. The van der Waals surface area contributed by atoms with Crippen LogP contribution < -0.4 is 10.1 Å². The van der Waals surface area contributed by atoms with E-state index < -0.39 is 11.9 Å². The smallest absolute Gasteiger partial charge is 0.261 e. The summed E-state index contributed by atoms with van der Waals surface area (Å²) in [6, 6.07) is 6.12. The molecule has 3 nitrogen and oxygen atoms in total. The van der Waals surface area contributed by atoms with Crippen LogP contribution in [0, 0.1) is 5.82 Å². The normalized spacial score (nSPS) is 12.3. The molecule has 0 aliphatic carbocycles. The van der Waals surface area contributed by atoms with Crippen molar-refractivity contribution in [2.45, 2.75) is 39.3 Å². The molecule has 0 saturated heterocycles. The summed E-state index contributed by atoms with van der Waals surface area (Å²) in [6.07, 6.45) is -0.165. The van der Waals surface area contributed by atoms with Gasteiger partial charge in [0.15, 0.2) is 17.7 Å². The number of nitrogens with one attached hydrogen (secondary N) is 1. The quantitative estimate of drug-likeness (QED) is 0.857. The van der Waals surface area contributed by atoms with Crippen LogP contribution in [0.25, 0.3) is 0 Å². The Morgan fingerprint density at radius 1 is 1.41 bits per heavy atom. The molecule has 0 heterocycles. The summed E-state index contributed by atoms with van der Waals surface area (Å²) >= 11 is 0. The van der Waals surface area contributed by atoms with E-state index in [1.54, 1.807) is 12.1 Å². The van der Waals surface area contributed by atoms with Crippen molar-refractivity contribution in [3.63, 3.8) is 0 Å². The fourth-order valence-electron chi connectivity index (χ4n) is 1.39. The number of ether oxygens (including phenoxy) is 1. The Labute approximate surface area is 101 Å². The molecule has 1 N–H and O–H groups in total. The van der Waals surface area contributed by atoms with Crippen LogP contribution in [0.1, 0.15) is 27.2 Å². The van der Waals surface area contributed by atoms with Gasteiger partial charge in [-0.15, -0.1) is 0 Å². The standard InChI is InChI=1S/C13H18FNO2/c1-4-11(13(16)15-9(2)3)17-12-8-6-5-7-10(12)14/h5-9,11H,4H2,1-3H3,(H,15,16)/t11-/m1/s1. The van der Waals surface area contributed by atoms with Gasteiger partial charge in [-0.25, -0.2) is 4.39 Å². The second kappa shape index (κ2) is 6.23. The summed E-state index contributed by atoms with van der Waals surface area (Å²) in [5, 5.41) is 2.75. The van der Waals surface area contributed by atoms with Gasteiger partial charge in [0.2, 0.25) is 0 Å². The van der Waals surface area contributed by atoms with Crippen molar-refractivity contribution in [1.82, 2.24) is 5.32 Å².